The minimum atomic E-state index is 0.131. The van der Waals surface area contributed by atoms with Gasteiger partial charge in [-0.05, 0) is 44.5 Å². The zero-order valence-electron chi connectivity index (χ0n) is 17.0. The molecule has 0 bridgehead atoms. The van der Waals surface area contributed by atoms with Crippen LogP contribution in [0.1, 0.15) is 18.2 Å². The Balaban J connectivity index is 1.94. The summed E-state index contributed by atoms with van der Waals surface area (Å²) in [6.45, 7) is 7.71. The molecule has 3 N–H and O–H groups in total. The van der Waals surface area contributed by atoms with Crippen molar-refractivity contribution >= 4 is 17.1 Å². The third kappa shape index (κ3) is 3.71. The van der Waals surface area contributed by atoms with Crippen molar-refractivity contribution in [1.82, 2.24) is 4.57 Å². The van der Waals surface area contributed by atoms with E-state index in [0.717, 1.165) is 46.1 Å². The topological polar surface area (TPSA) is 60.7 Å². The van der Waals surface area contributed by atoms with E-state index in [0.29, 0.717) is 6.54 Å². The molecule has 3 rings (SSSR count). The summed E-state index contributed by atoms with van der Waals surface area (Å²) in [6.07, 6.45) is 0. The second-order valence-corrected chi connectivity index (χ2v) is 7.01. The molecule has 0 aliphatic carbocycles. The van der Waals surface area contributed by atoms with Gasteiger partial charge < -0.3 is 25.0 Å². The van der Waals surface area contributed by atoms with Crippen molar-refractivity contribution in [3.8, 4) is 17.0 Å². The highest BCUT2D eigenvalue weighted by Gasteiger charge is 2.20. The van der Waals surface area contributed by atoms with Gasteiger partial charge in [0, 0.05) is 42.8 Å². The Morgan fingerprint density at radius 1 is 1.07 bits per heavy atom. The molecule has 0 amide bonds. The number of aryl methyl sites for hydroxylation is 1. The van der Waals surface area contributed by atoms with Gasteiger partial charge in [0.15, 0.2) is 5.75 Å². The maximum atomic E-state index is 10.9. The van der Waals surface area contributed by atoms with Gasteiger partial charge in [0.05, 0.1) is 12.3 Å². The Morgan fingerprint density at radius 3 is 2.39 bits per heavy atom. The Hall–Kier alpha value is -2.92. The second-order valence-electron chi connectivity index (χ2n) is 7.01. The number of likely N-dealkylation sites (N-methyl/N-ethyl adjacent to an activating group) is 1. The molecule has 0 saturated heterocycles. The maximum Gasteiger partial charge on any atom is 0.165 e. The molecule has 1 aromatic heterocycles. The van der Waals surface area contributed by atoms with Crippen molar-refractivity contribution in [2.75, 3.05) is 29.9 Å². The fraction of sp³-hybridized carbons (Fsp3) is 0.304. The summed E-state index contributed by atoms with van der Waals surface area (Å²) < 4.78 is 2.01. The Bertz CT molecular complexity index is 948. The van der Waals surface area contributed by atoms with Crippen molar-refractivity contribution in [2.45, 2.75) is 20.8 Å². The first-order valence-corrected chi connectivity index (χ1v) is 9.65. The van der Waals surface area contributed by atoms with Crippen LogP contribution in [0.4, 0.5) is 17.1 Å². The lowest BCUT2D eigenvalue weighted by Crippen LogP contribution is -2.26. The predicted molar refractivity (Wildman–Crippen MR) is 117 cm³/mol. The molecule has 3 aromatic rings. The molecule has 1 heterocycles. The lowest BCUT2D eigenvalue weighted by atomic mass is 10.1. The molecule has 0 aliphatic heterocycles. The standard InChI is InChI=1S/C23H29N3O2/c1-5-26(13-14-27)19-11-12-20(16(2)15-19)24-21-17(3)25(4)22(23(21)28)18-9-7-6-8-10-18/h6-12,15,24,27-28H,5,13-14H2,1-4H3. The fourth-order valence-electron chi connectivity index (χ4n) is 3.57. The summed E-state index contributed by atoms with van der Waals surface area (Å²) in [5.41, 5.74) is 6.59. The molecule has 2 aromatic carbocycles. The van der Waals surface area contributed by atoms with E-state index in [1.807, 2.05) is 67.9 Å². The average Bonchev–Trinajstić information content (AvgIpc) is 2.91. The van der Waals surface area contributed by atoms with E-state index in [1.54, 1.807) is 0 Å². The van der Waals surface area contributed by atoms with Gasteiger partial charge in [0.2, 0.25) is 0 Å². The molecule has 28 heavy (non-hydrogen) atoms. The molecular formula is C23H29N3O2. The first-order chi connectivity index (χ1) is 13.5. The van der Waals surface area contributed by atoms with E-state index in [-0.39, 0.29) is 12.4 Å². The highest BCUT2D eigenvalue weighted by molar-refractivity contribution is 5.82. The number of aromatic nitrogens is 1. The highest BCUT2D eigenvalue weighted by atomic mass is 16.3. The quantitative estimate of drug-likeness (QED) is 0.562. The van der Waals surface area contributed by atoms with Crippen molar-refractivity contribution in [2.24, 2.45) is 7.05 Å². The van der Waals surface area contributed by atoms with Crippen molar-refractivity contribution in [3.05, 3.63) is 59.8 Å². The first-order valence-electron chi connectivity index (χ1n) is 9.65. The van der Waals surface area contributed by atoms with Gasteiger partial charge in [0.25, 0.3) is 0 Å². The largest absolute Gasteiger partial charge is 0.504 e. The van der Waals surface area contributed by atoms with Gasteiger partial charge in [-0.2, -0.15) is 0 Å². The number of aromatic hydroxyl groups is 1. The summed E-state index contributed by atoms with van der Waals surface area (Å²) in [6, 6.07) is 16.1. The minimum absolute atomic E-state index is 0.131. The van der Waals surface area contributed by atoms with Crippen LogP contribution in [0.15, 0.2) is 48.5 Å². The number of benzene rings is 2. The number of nitrogens with zero attached hydrogens (tertiary/aromatic N) is 2. The average molecular weight is 380 g/mol. The van der Waals surface area contributed by atoms with Crippen molar-refractivity contribution in [1.29, 1.82) is 0 Å². The lowest BCUT2D eigenvalue weighted by Gasteiger charge is -2.23. The zero-order chi connectivity index (χ0) is 20.3. The third-order valence-corrected chi connectivity index (χ3v) is 5.30. The van der Waals surface area contributed by atoms with Crippen molar-refractivity contribution < 1.29 is 10.2 Å². The van der Waals surface area contributed by atoms with Crippen LogP contribution in [-0.2, 0) is 7.05 Å². The summed E-state index contributed by atoms with van der Waals surface area (Å²) >= 11 is 0. The molecule has 0 spiro atoms. The van der Waals surface area contributed by atoms with Crippen LogP contribution in [0, 0.1) is 13.8 Å². The first kappa shape index (κ1) is 19.8. The number of anilines is 3. The molecule has 5 nitrogen and oxygen atoms in total. The molecule has 148 valence electrons. The summed E-state index contributed by atoms with van der Waals surface area (Å²) in [5.74, 6) is 0.255. The fourth-order valence-corrected chi connectivity index (χ4v) is 3.57. The number of nitrogens with one attached hydrogen (secondary N) is 1. The monoisotopic (exact) mass is 379 g/mol. The van der Waals surface area contributed by atoms with Gasteiger partial charge >= 0.3 is 0 Å². The number of hydrogen-bond donors (Lipinski definition) is 3. The smallest absolute Gasteiger partial charge is 0.165 e. The van der Waals surface area contributed by atoms with Crippen LogP contribution < -0.4 is 10.2 Å². The lowest BCUT2D eigenvalue weighted by molar-refractivity contribution is 0.302. The molecule has 0 radical (unpaired) electrons. The summed E-state index contributed by atoms with van der Waals surface area (Å²) in [5, 5.41) is 23.6. The minimum Gasteiger partial charge on any atom is -0.504 e. The van der Waals surface area contributed by atoms with Crippen LogP contribution in [0.3, 0.4) is 0 Å². The molecule has 0 unspecified atom stereocenters. The highest BCUT2D eigenvalue weighted by Crippen LogP contribution is 2.42. The molecule has 0 fully saturated rings. The van der Waals surface area contributed by atoms with Crippen LogP contribution in [0.2, 0.25) is 0 Å². The van der Waals surface area contributed by atoms with E-state index in [9.17, 15) is 10.2 Å². The third-order valence-electron chi connectivity index (χ3n) is 5.30. The maximum absolute atomic E-state index is 10.9. The van der Waals surface area contributed by atoms with E-state index in [4.69, 9.17) is 0 Å². The SMILES string of the molecule is CCN(CCO)c1ccc(Nc2c(O)c(-c3ccccc3)n(C)c2C)c(C)c1. The Labute approximate surface area is 166 Å². The van der Waals surface area contributed by atoms with Gasteiger partial charge in [-0.3, -0.25) is 0 Å². The molecule has 0 saturated carbocycles. The summed E-state index contributed by atoms with van der Waals surface area (Å²) in [4.78, 5) is 2.13. The summed E-state index contributed by atoms with van der Waals surface area (Å²) in [7, 11) is 1.96. The van der Waals surface area contributed by atoms with Crippen molar-refractivity contribution in [3.63, 3.8) is 0 Å². The van der Waals surface area contributed by atoms with Crippen LogP contribution in [-0.4, -0.2) is 34.5 Å². The van der Waals surface area contributed by atoms with Gasteiger partial charge in [-0.25, -0.2) is 0 Å². The Kier molecular flexibility index (Phi) is 5.95. The zero-order valence-corrected chi connectivity index (χ0v) is 17.0. The second kappa shape index (κ2) is 8.40. The van der Waals surface area contributed by atoms with E-state index in [1.165, 1.54) is 0 Å². The number of rotatable bonds is 7. The number of aliphatic hydroxyl groups excluding tert-OH is 1. The van der Waals surface area contributed by atoms with E-state index < -0.39 is 0 Å². The predicted octanol–water partition coefficient (Wildman–Crippen LogP) is 4.58. The van der Waals surface area contributed by atoms with Crippen LogP contribution in [0.5, 0.6) is 5.75 Å². The van der Waals surface area contributed by atoms with E-state index in [2.05, 4.69) is 23.2 Å². The van der Waals surface area contributed by atoms with Gasteiger partial charge in [-0.1, -0.05) is 30.3 Å². The van der Waals surface area contributed by atoms with Gasteiger partial charge in [0.1, 0.15) is 5.69 Å². The van der Waals surface area contributed by atoms with Crippen LogP contribution >= 0.6 is 0 Å². The molecular weight excluding hydrogens is 350 g/mol. The molecule has 0 atom stereocenters. The molecule has 0 aliphatic rings. The molecule has 5 heteroatoms. The van der Waals surface area contributed by atoms with E-state index >= 15 is 0 Å². The van der Waals surface area contributed by atoms with Gasteiger partial charge in [-0.15, -0.1) is 0 Å². The Morgan fingerprint density at radius 2 is 1.79 bits per heavy atom. The normalized spacial score (nSPS) is 10.9. The number of hydrogen-bond acceptors (Lipinski definition) is 4. The number of aliphatic hydroxyl groups is 1. The van der Waals surface area contributed by atoms with Crippen LogP contribution in [0.25, 0.3) is 11.3 Å².